The van der Waals surface area contributed by atoms with Crippen LogP contribution in [-0.2, 0) is 16.2 Å². The highest BCUT2D eigenvalue weighted by molar-refractivity contribution is 6.32. The maximum Gasteiger partial charge on any atom is 0.0991 e. The minimum atomic E-state index is -0.172. The van der Waals surface area contributed by atoms with E-state index in [9.17, 15) is 15.8 Å². The number of hydrogen-bond acceptors (Lipinski definition) is 6. The molecule has 6 unspecified atom stereocenters. The van der Waals surface area contributed by atoms with Crippen LogP contribution in [-0.4, -0.2) is 16.6 Å². The molecule has 6 heteroatoms. The van der Waals surface area contributed by atoms with E-state index in [2.05, 4.69) is 244 Å². The SMILES string of the molecule is CC12CCCCC1(C)N(c1ccc(C#N)cc1)c1ccc(-c3cc(-c4ccc5c(c4)C4(C)CCCCC4(C)N5c4ccc(C#N)cc4)c4ccc5c(-c6cccc7ccccc67)cc(-c6ccc7c(c6)C6(C)CCCCC6(C)N7c6ccc(C#N)cc6)c6ccc3c4c65)cc12. The molecule has 0 N–H and O–H groups in total. The van der Waals surface area contributed by atoms with E-state index < -0.39 is 0 Å². The summed E-state index contributed by atoms with van der Waals surface area (Å²) >= 11 is 0. The van der Waals surface area contributed by atoms with Gasteiger partial charge in [-0.25, -0.2) is 0 Å². The monoisotopic (exact) mass is 1230 g/mol. The number of rotatable bonds is 7. The van der Waals surface area contributed by atoms with Crippen molar-refractivity contribution in [1.29, 1.82) is 15.8 Å². The minimum absolute atomic E-state index is 0.126. The quantitative estimate of drug-likeness (QED) is 0.148. The molecule has 0 bridgehead atoms. The van der Waals surface area contributed by atoms with Crippen LogP contribution in [0.15, 0.2) is 206 Å². The van der Waals surface area contributed by atoms with E-state index in [1.807, 2.05) is 36.4 Å². The zero-order valence-electron chi connectivity index (χ0n) is 55.3. The first-order valence-electron chi connectivity index (χ1n) is 34.8. The van der Waals surface area contributed by atoms with Crippen molar-refractivity contribution in [3.05, 3.63) is 240 Å². The summed E-state index contributed by atoms with van der Waals surface area (Å²) in [5.74, 6) is 0. The van der Waals surface area contributed by atoms with Gasteiger partial charge in [-0.1, -0.05) is 144 Å². The lowest BCUT2D eigenvalue weighted by molar-refractivity contribution is 0.195. The third-order valence-corrected chi connectivity index (χ3v) is 26.0. The van der Waals surface area contributed by atoms with Gasteiger partial charge in [0.25, 0.3) is 0 Å². The van der Waals surface area contributed by atoms with Gasteiger partial charge in [-0.15, -0.1) is 0 Å². The van der Waals surface area contributed by atoms with Crippen molar-refractivity contribution >= 4 is 77.2 Å². The van der Waals surface area contributed by atoms with E-state index in [1.165, 1.54) is 160 Å². The zero-order chi connectivity index (χ0) is 64.5. The maximum absolute atomic E-state index is 9.93. The van der Waals surface area contributed by atoms with E-state index in [1.54, 1.807) is 0 Å². The summed E-state index contributed by atoms with van der Waals surface area (Å²) in [5.41, 5.74) is 22.4. The number of anilines is 6. The number of hydrogen-bond donors (Lipinski definition) is 0. The largest absolute Gasteiger partial charge is 0.334 e. The summed E-state index contributed by atoms with van der Waals surface area (Å²) in [7, 11) is 0. The summed E-state index contributed by atoms with van der Waals surface area (Å²) in [6.45, 7) is 15.1. The Bertz CT molecular complexity index is 5200. The van der Waals surface area contributed by atoms with Gasteiger partial charge in [-0.05, 0) is 285 Å². The third kappa shape index (κ3) is 7.71. The molecule has 6 atom stereocenters. The van der Waals surface area contributed by atoms with Crippen LogP contribution in [0.2, 0.25) is 0 Å². The van der Waals surface area contributed by atoms with Crippen LogP contribution in [0.1, 0.15) is 152 Å². The van der Waals surface area contributed by atoms with Crippen LogP contribution in [0.3, 0.4) is 0 Å². The van der Waals surface area contributed by atoms with Gasteiger partial charge in [0.1, 0.15) is 0 Å². The normalized spacial score (nSPS) is 24.8. The van der Waals surface area contributed by atoms with Crippen molar-refractivity contribution in [2.45, 2.75) is 151 Å². The van der Waals surface area contributed by atoms with Crippen LogP contribution < -0.4 is 14.7 Å². The van der Waals surface area contributed by atoms with Gasteiger partial charge in [0.2, 0.25) is 0 Å². The first-order chi connectivity index (χ1) is 46.1. The first kappa shape index (κ1) is 57.5. The van der Waals surface area contributed by atoms with Crippen LogP contribution in [0.25, 0.3) is 87.6 Å². The Morgan fingerprint density at radius 2 is 0.621 bits per heavy atom. The molecule has 3 heterocycles. The highest BCUT2D eigenvalue weighted by Gasteiger charge is 2.60. The number of fused-ring (bicyclic) bond motifs is 10. The summed E-state index contributed by atoms with van der Waals surface area (Å²) in [6, 6.07) is 84.9. The van der Waals surface area contributed by atoms with Crippen LogP contribution in [0.4, 0.5) is 34.1 Å². The van der Waals surface area contributed by atoms with Gasteiger partial charge in [0.15, 0.2) is 0 Å². The van der Waals surface area contributed by atoms with E-state index in [-0.39, 0.29) is 32.9 Å². The third-order valence-electron chi connectivity index (χ3n) is 26.0. The number of benzene rings is 12. The molecular weight excluding hydrogens is 1150 g/mol. The Balaban J connectivity index is 0.919. The highest BCUT2D eigenvalue weighted by Crippen LogP contribution is 2.65. The van der Waals surface area contributed by atoms with Gasteiger partial charge in [0.05, 0.1) is 51.5 Å². The average Bonchev–Trinajstić information content (AvgIpc) is 1.66. The van der Waals surface area contributed by atoms with Crippen LogP contribution >= 0.6 is 0 Å². The molecule has 462 valence electrons. The van der Waals surface area contributed by atoms with Crippen LogP contribution in [0.5, 0.6) is 0 Å². The van der Waals surface area contributed by atoms with Gasteiger partial charge >= 0.3 is 0 Å². The Hall–Kier alpha value is -10.2. The fourth-order valence-corrected chi connectivity index (χ4v) is 20.4. The standard InChI is InChI=1S/C89H76N6/c1-84-42-9-12-45-87(84,4)93(63-29-20-56(53-90)21-30-63)79-39-26-60(48-76(79)84)72-51-73(61-27-40-80-77(49-61)85(2)43-10-13-46-88(85,5)94(80)64-31-22-57(54-91)23-32-64)69-37-38-71-75(67-19-15-17-59-16-7-8-18-66(59)67)52-74(70-36-35-68(72)82(69)83(70)71)62-28-41-81-78(50-62)86(3)44-11-14-47-89(86,6)95(81)65-33-24-58(55-92)25-34-65/h7-8,15-41,48-52H,9-14,42-47H2,1-6H3. The molecule has 3 saturated carbocycles. The molecule has 6 aliphatic rings. The Labute approximate surface area is 558 Å². The van der Waals surface area contributed by atoms with Crippen molar-refractivity contribution in [1.82, 2.24) is 0 Å². The average molecular weight is 1230 g/mol. The van der Waals surface area contributed by atoms with Crippen molar-refractivity contribution in [3.63, 3.8) is 0 Å². The highest BCUT2D eigenvalue weighted by atomic mass is 15.3. The molecule has 6 nitrogen and oxygen atoms in total. The minimum Gasteiger partial charge on any atom is -0.334 e. The predicted octanol–water partition coefficient (Wildman–Crippen LogP) is 23.2. The zero-order valence-corrected chi connectivity index (χ0v) is 55.3. The van der Waals surface area contributed by atoms with Crippen molar-refractivity contribution < 1.29 is 0 Å². The van der Waals surface area contributed by atoms with E-state index >= 15 is 0 Å². The second-order valence-electron chi connectivity index (χ2n) is 30.2. The van der Waals surface area contributed by atoms with Gasteiger partial charge in [-0.3, -0.25) is 0 Å². The number of nitriles is 3. The van der Waals surface area contributed by atoms with Crippen molar-refractivity contribution in [3.8, 4) is 62.7 Å². The fraction of sp³-hybridized carbons (Fsp3) is 0.270. The lowest BCUT2D eigenvalue weighted by atomic mass is 9.61. The molecule has 0 radical (unpaired) electrons. The smallest absolute Gasteiger partial charge is 0.0991 e. The molecule has 12 aromatic rings. The van der Waals surface area contributed by atoms with E-state index in [0.29, 0.717) is 16.7 Å². The van der Waals surface area contributed by atoms with Crippen molar-refractivity contribution in [2.75, 3.05) is 14.7 Å². The molecule has 0 aromatic heterocycles. The van der Waals surface area contributed by atoms with Gasteiger partial charge in [0, 0.05) is 50.4 Å². The predicted molar refractivity (Wildman–Crippen MR) is 392 cm³/mol. The Kier molecular flexibility index (Phi) is 12.3. The molecular formula is C89H76N6. The summed E-state index contributed by atoms with van der Waals surface area (Å²) in [5, 5.41) is 39.8. The topological polar surface area (TPSA) is 81.1 Å². The van der Waals surface area contributed by atoms with Gasteiger partial charge < -0.3 is 14.7 Å². The first-order valence-corrected chi connectivity index (χ1v) is 34.8. The summed E-state index contributed by atoms with van der Waals surface area (Å²) in [4.78, 5) is 7.88. The molecule has 18 rings (SSSR count). The Morgan fingerprint density at radius 3 is 0.989 bits per heavy atom. The molecule has 3 fully saturated rings. The summed E-state index contributed by atoms with van der Waals surface area (Å²) < 4.78 is 0. The molecule has 0 amide bonds. The summed E-state index contributed by atoms with van der Waals surface area (Å²) in [6.07, 6.45) is 13.6. The fourth-order valence-electron chi connectivity index (χ4n) is 20.4. The maximum atomic E-state index is 9.93. The molecule has 0 spiro atoms. The Morgan fingerprint density at radius 1 is 0.295 bits per heavy atom. The van der Waals surface area contributed by atoms with Crippen LogP contribution in [0, 0.1) is 34.0 Å². The van der Waals surface area contributed by atoms with Crippen molar-refractivity contribution in [2.24, 2.45) is 0 Å². The van der Waals surface area contributed by atoms with Gasteiger partial charge in [-0.2, -0.15) is 15.8 Å². The molecule has 12 aromatic carbocycles. The van der Waals surface area contributed by atoms with E-state index in [4.69, 9.17) is 0 Å². The molecule has 0 saturated heterocycles. The lowest BCUT2D eigenvalue weighted by Crippen LogP contribution is -2.54. The van der Waals surface area contributed by atoms with E-state index in [0.717, 1.165) is 55.6 Å². The second-order valence-corrected chi connectivity index (χ2v) is 30.2. The molecule has 3 aliphatic carbocycles. The lowest BCUT2D eigenvalue weighted by Gasteiger charge is -2.50. The molecule has 95 heavy (non-hydrogen) atoms. The molecule has 3 aliphatic heterocycles. The second kappa shape index (κ2) is 20.4. The number of nitrogens with zero attached hydrogens (tertiary/aromatic N) is 6.